The maximum atomic E-state index is 13.5. The first-order valence-electron chi connectivity index (χ1n) is 8.31. The summed E-state index contributed by atoms with van der Waals surface area (Å²) in [5, 5.41) is 0.972. The fourth-order valence-electron chi connectivity index (χ4n) is 3.22. The molecule has 2 nitrogen and oxygen atoms in total. The zero-order chi connectivity index (χ0) is 14.9. The van der Waals surface area contributed by atoms with Crippen LogP contribution in [0.1, 0.15) is 44.2 Å². The second kappa shape index (κ2) is 5.71. The van der Waals surface area contributed by atoms with E-state index in [1.165, 1.54) is 31.4 Å². The number of aromatic nitrogens is 1. The van der Waals surface area contributed by atoms with Crippen LogP contribution in [0.3, 0.4) is 0 Å². The van der Waals surface area contributed by atoms with Crippen LogP contribution in [-0.2, 0) is 6.54 Å². The van der Waals surface area contributed by atoms with E-state index in [1.54, 1.807) is 12.1 Å². The van der Waals surface area contributed by atoms with Gasteiger partial charge in [-0.25, -0.2) is 4.39 Å². The van der Waals surface area contributed by atoms with Crippen molar-refractivity contribution < 1.29 is 4.39 Å². The van der Waals surface area contributed by atoms with Crippen LogP contribution in [0, 0.1) is 11.7 Å². The predicted octanol–water partition coefficient (Wildman–Crippen LogP) is 5.07. The standard InChI is InChI=1S/C19H21FN2/c20-16-8-9-19-15(10-16)11-18(22(19)13-14-6-7-14)12-21-17-4-2-1-3-5-17/h4,8-12,14H,1-3,5-7,13H2/b21-12+. The first-order chi connectivity index (χ1) is 10.8. The zero-order valence-corrected chi connectivity index (χ0v) is 12.8. The van der Waals surface area contributed by atoms with Crippen molar-refractivity contribution in [1.82, 2.24) is 4.57 Å². The van der Waals surface area contributed by atoms with Crippen LogP contribution in [0.15, 0.2) is 41.0 Å². The molecule has 114 valence electrons. The lowest BCUT2D eigenvalue weighted by atomic mass is 10.1. The van der Waals surface area contributed by atoms with Gasteiger partial charge in [0, 0.05) is 23.1 Å². The molecule has 1 heterocycles. The molecule has 0 aliphatic heterocycles. The van der Waals surface area contributed by atoms with Gasteiger partial charge >= 0.3 is 0 Å². The number of fused-ring (bicyclic) bond motifs is 1. The molecule has 0 N–H and O–H groups in total. The van der Waals surface area contributed by atoms with Gasteiger partial charge in [-0.2, -0.15) is 0 Å². The molecule has 0 atom stereocenters. The van der Waals surface area contributed by atoms with Crippen molar-refractivity contribution in [3.63, 3.8) is 0 Å². The normalized spacial score (nSPS) is 19.0. The summed E-state index contributed by atoms with van der Waals surface area (Å²) in [7, 11) is 0. The van der Waals surface area contributed by atoms with Crippen molar-refractivity contribution in [1.29, 1.82) is 0 Å². The summed E-state index contributed by atoms with van der Waals surface area (Å²) in [4.78, 5) is 4.68. The zero-order valence-electron chi connectivity index (χ0n) is 12.8. The number of aliphatic imine (C=N–C) groups is 1. The Labute approximate surface area is 130 Å². The summed E-state index contributed by atoms with van der Waals surface area (Å²) < 4.78 is 15.8. The van der Waals surface area contributed by atoms with E-state index in [2.05, 4.69) is 21.7 Å². The van der Waals surface area contributed by atoms with E-state index in [9.17, 15) is 4.39 Å². The quantitative estimate of drug-likeness (QED) is 0.701. The van der Waals surface area contributed by atoms with Gasteiger partial charge in [0.2, 0.25) is 0 Å². The third-order valence-corrected chi connectivity index (χ3v) is 4.66. The minimum absolute atomic E-state index is 0.172. The van der Waals surface area contributed by atoms with E-state index in [4.69, 9.17) is 0 Å². The molecule has 0 unspecified atom stereocenters. The SMILES string of the molecule is Fc1ccc2c(c1)cc(/C=N/C1=CCCCC1)n2CC1CC1. The minimum Gasteiger partial charge on any atom is -0.339 e. The highest BCUT2D eigenvalue weighted by molar-refractivity contribution is 5.91. The second-order valence-electron chi connectivity index (χ2n) is 6.53. The summed E-state index contributed by atoms with van der Waals surface area (Å²) in [6, 6.07) is 7.13. The van der Waals surface area contributed by atoms with E-state index < -0.39 is 0 Å². The Bertz CT molecular complexity index is 750. The van der Waals surface area contributed by atoms with Crippen LogP contribution in [-0.4, -0.2) is 10.8 Å². The monoisotopic (exact) mass is 296 g/mol. The molecule has 1 saturated carbocycles. The molecular weight excluding hydrogens is 275 g/mol. The molecule has 4 rings (SSSR count). The van der Waals surface area contributed by atoms with Crippen LogP contribution in [0.5, 0.6) is 0 Å². The summed E-state index contributed by atoms with van der Waals surface area (Å²) in [6.07, 6.45) is 11.6. The maximum Gasteiger partial charge on any atom is 0.123 e. The maximum absolute atomic E-state index is 13.5. The topological polar surface area (TPSA) is 17.3 Å². The smallest absolute Gasteiger partial charge is 0.123 e. The highest BCUT2D eigenvalue weighted by Crippen LogP contribution is 2.33. The summed E-state index contributed by atoms with van der Waals surface area (Å²) >= 11 is 0. The number of hydrogen-bond acceptors (Lipinski definition) is 1. The highest BCUT2D eigenvalue weighted by atomic mass is 19.1. The Hall–Kier alpha value is -1.90. The highest BCUT2D eigenvalue weighted by Gasteiger charge is 2.23. The lowest BCUT2D eigenvalue weighted by Crippen LogP contribution is -2.04. The van der Waals surface area contributed by atoms with Crippen LogP contribution in [0.25, 0.3) is 10.9 Å². The molecule has 1 aromatic heterocycles. The molecule has 2 aliphatic carbocycles. The Morgan fingerprint density at radius 3 is 2.91 bits per heavy atom. The number of benzene rings is 1. The first-order valence-corrected chi connectivity index (χ1v) is 8.31. The van der Waals surface area contributed by atoms with Gasteiger partial charge in [-0.05, 0) is 68.7 Å². The van der Waals surface area contributed by atoms with Crippen LogP contribution in [0.4, 0.5) is 4.39 Å². The fraction of sp³-hybridized carbons (Fsp3) is 0.421. The number of hydrogen-bond donors (Lipinski definition) is 0. The molecule has 22 heavy (non-hydrogen) atoms. The van der Waals surface area contributed by atoms with Gasteiger partial charge in [0.25, 0.3) is 0 Å². The molecule has 0 bridgehead atoms. The number of halogens is 1. The average molecular weight is 296 g/mol. The number of nitrogens with zero attached hydrogens (tertiary/aromatic N) is 2. The van der Waals surface area contributed by atoms with Crippen molar-refractivity contribution >= 4 is 17.1 Å². The molecular formula is C19H21FN2. The van der Waals surface area contributed by atoms with Crippen molar-refractivity contribution in [2.24, 2.45) is 10.9 Å². The van der Waals surface area contributed by atoms with Crippen LogP contribution < -0.4 is 0 Å². The minimum atomic E-state index is -0.172. The van der Waals surface area contributed by atoms with Gasteiger partial charge in [-0.3, -0.25) is 4.99 Å². The molecule has 0 spiro atoms. The molecule has 2 aliphatic rings. The average Bonchev–Trinajstić information content (AvgIpc) is 3.29. The van der Waals surface area contributed by atoms with Crippen LogP contribution >= 0.6 is 0 Å². The number of rotatable bonds is 4. The van der Waals surface area contributed by atoms with Crippen molar-refractivity contribution in [2.45, 2.75) is 45.1 Å². The lowest BCUT2D eigenvalue weighted by molar-refractivity contribution is 0.627. The van der Waals surface area contributed by atoms with Gasteiger partial charge in [-0.15, -0.1) is 0 Å². The predicted molar refractivity (Wildman–Crippen MR) is 88.8 cm³/mol. The third-order valence-electron chi connectivity index (χ3n) is 4.66. The van der Waals surface area contributed by atoms with Gasteiger partial charge in [0.1, 0.15) is 5.82 Å². The Balaban J connectivity index is 1.71. The van der Waals surface area contributed by atoms with Crippen molar-refractivity contribution in [3.05, 3.63) is 47.5 Å². The van der Waals surface area contributed by atoms with Gasteiger partial charge in [0.15, 0.2) is 0 Å². The van der Waals surface area contributed by atoms with E-state index in [1.807, 2.05) is 12.3 Å². The summed E-state index contributed by atoms with van der Waals surface area (Å²) in [5.74, 6) is 0.608. The lowest BCUT2D eigenvalue weighted by Gasteiger charge is -2.09. The molecule has 2 aromatic rings. The largest absolute Gasteiger partial charge is 0.339 e. The molecule has 0 amide bonds. The van der Waals surface area contributed by atoms with Crippen molar-refractivity contribution in [2.75, 3.05) is 0 Å². The van der Waals surface area contributed by atoms with Gasteiger partial charge in [0.05, 0.1) is 11.9 Å². The van der Waals surface area contributed by atoms with E-state index in [-0.39, 0.29) is 5.82 Å². The van der Waals surface area contributed by atoms with Crippen molar-refractivity contribution in [3.8, 4) is 0 Å². The fourth-order valence-corrected chi connectivity index (χ4v) is 3.22. The second-order valence-corrected chi connectivity index (χ2v) is 6.53. The molecule has 3 heteroatoms. The Kier molecular flexibility index (Phi) is 3.57. The first kappa shape index (κ1) is 13.7. The number of allylic oxidation sites excluding steroid dienone is 2. The van der Waals surface area contributed by atoms with Gasteiger partial charge in [-0.1, -0.05) is 6.08 Å². The van der Waals surface area contributed by atoms with E-state index in [0.717, 1.165) is 41.9 Å². The Morgan fingerprint density at radius 2 is 2.14 bits per heavy atom. The summed E-state index contributed by atoms with van der Waals surface area (Å²) in [6.45, 7) is 1.02. The molecule has 1 fully saturated rings. The Morgan fingerprint density at radius 1 is 1.23 bits per heavy atom. The van der Waals surface area contributed by atoms with Gasteiger partial charge < -0.3 is 4.57 Å². The van der Waals surface area contributed by atoms with E-state index >= 15 is 0 Å². The molecule has 0 saturated heterocycles. The summed E-state index contributed by atoms with van der Waals surface area (Å²) in [5.41, 5.74) is 3.41. The molecule has 1 aromatic carbocycles. The molecule has 0 radical (unpaired) electrons. The van der Waals surface area contributed by atoms with E-state index in [0.29, 0.717) is 0 Å². The third kappa shape index (κ3) is 2.85. The van der Waals surface area contributed by atoms with Crippen LogP contribution in [0.2, 0.25) is 0 Å².